The molecule has 3 amide bonds. The summed E-state index contributed by atoms with van der Waals surface area (Å²) in [4.78, 5) is 30.7. The van der Waals surface area contributed by atoms with Crippen molar-refractivity contribution in [3.8, 4) is 5.75 Å². The van der Waals surface area contributed by atoms with Crippen LogP contribution < -0.4 is 10.1 Å². The van der Waals surface area contributed by atoms with Crippen molar-refractivity contribution < 1.29 is 14.3 Å². The van der Waals surface area contributed by atoms with Gasteiger partial charge in [-0.3, -0.25) is 9.69 Å². The number of methoxy groups -OCH3 is 1. The third kappa shape index (κ3) is 7.08. The SMILES string of the molecule is COc1ccccc1/C=C/CN(CCN1CCN(C(=O)Nc2ccccc2C)CC1)C(C)=O. The van der Waals surface area contributed by atoms with Crippen molar-refractivity contribution >= 4 is 23.7 Å². The van der Waals surface area contributed by atoms with Crippen molar-refractivity contribution in [3.05, 3.63) is 65.7 Å². The van der Waals surface area contributed by atoms with Gasteiger partial charge in [-0.05, 0) is 24.6 Å². The van der Waals surface area contributed by atoms with Crippen molar-refractivity contribution in [3.63, 3.8) is 0 Å². The fourth-order valence-corrected chi connectivity index (χ4v) is 3.83. The molecule has 1 aliphatic heterocycles. The number of anilines is 1. The number of piperazine rings is 1. The number of carbonyl (C=O) groups excluding carboxylic acids is 2. The molecule has 7 nitrogen and oxygen atoms in total. The van der Waals surface area contributed by atoms with Crippen LogP contribution in [0.2, 0.25) is 0 Å². The van der Waals surface area contributed by atoms with Gasteiger partial charge in [-0.15, -0.1) is 0 Å². The van der Waals surface area contributed by atoms with Crippen LogP contribution in [0.1, 0.15) is 18.1 Å². The Bertz CT molecular complexity index is 968. The highest BCUT2D eigenvalue weighted by atomic mass is 16.5. The molecule has 2 aromatic carbocycles. The van der Waals surface area contributed by atoms with Gasteiger partial charge in [0.1, 0.15) is 5.75 Å². The smallest absolute Gasteiger partial charge is 0.321 e. The summed E-state index contributed by atoms with van der Waals surface area (Å²) in [6, 6.07) is 15.5. The summed E-state index contributed by atoms with van der Waals surface area (Å²) in [5.74, 6) is 0.864. The number of benzene rings is 2. The van der Waals surface area contributed by atoms with E-state index in [1.54, 1.807) is 14.0 Å². The number of carbonyl (C=O) groups is 2. The Morgan fingerprint density at radius 1 is 1.06 bits per heavy atom. The second kappa shape index (κ2) is 12.1. The predicted octanol–water partition coefficient (Wildman–Crippen LogP) is 3.72. The topological polar surface area (TPSA) is 65.1 Å². The molecule has 1 fully saturated rings. The van der Waals surface area contributed by atoms with Gasteiger partial charge in [-0.1, -0.05) is 48.6 Å². The molecule has 0 saturated carbocycles. The summed E-state index contributed by atoms with van der Waals surface area (Å²) in [5, 5.41) is 3.00. The molecule has 33 heavy (non-hydrogen) atoms. The van der Waals surface area contributed by atoms with E-state index in [-0.39, 0.29) is 11.9 Å². The first kappa shape index (κ1) is 24.3. The molecule has 1 saturated heterocycles. The molecule has 3 rings (SSSR count). The molecule has 0 aliphatic carbocycles. The van der Waals surface area contributed by atoms with Crippen LogP contribution in [0.4, 0.5) is 10.5 Å². The highest BCUT2D eigenvalue weighted by Crippen LogP contribution is 2.18. The van der Waals surface area contributed by atoms with E-state index in [0.717, 1.165) is 42.2 Å². The third-order valence-electron chi connectivity index (χ3n) is 5.94. The fourth-order valence-electron chi connectivity index (χ4n) is 3.83. The molecule has 0 atom stereocenters. The predicted molar refractivity (Wildman–Crippen MR) is 132 cm³/mol. The summed E-state index contributed by atoms with van der Waals surface area (Å²) in [6.45, 7) is 8.51. The molecule has 2 aromatic rings. The Morgan fingerprint density at radius 2 is 1.76 bits per heavy atom. The summed E-state index contributed by atoms with van der Waals surface area (Å²) in [5.41, 5.74) is 2.89. The molecule has 0 aromatic heterocycles. The Labute approximate surface area is 196 Å². The Balaban J connectivity index is 1.44. The van der Waals surface area contributed by atoms with Crippen LogP contribution in [0.5, 0.6) is 5.75 Å². The van der Waals surface area contributed by atoms with E-state index in [0.29, 0.717) is 26.2 Å². The number of hydrogen-bond donors (Lipinski definition) is 1. The number of amides is 3. The van der Waals surface area contributed by atoms with Gasteiger partial charge < -0.3 is 19.9 Å². The molecule has 176 valence electrons. The highest BCUT2D eigenvalue weighted by molar-refractivity contribution is 5.90. The summed E-state index contributed by atoms with van der Waals surface area (Å²) >= 11 is 0. The van der Waals surface area contributed by atoms with Gasteiger partial charge in [-0.2, -0.15) is 0 Å². The fraction of sp³-hybridized carbons (Fsp3) is 0.385. The van der Waals surface area contributed by atoms with Crippen LogP contribution in [0, 0.1) is 6.92 Å². The number of nitrogens with zero attached hydrogens (tertiary/aromatic N) is 3. The van der Waals surface area contributed by atoms with Gasteiger partial charge in [0.25, 0.3) is 0 Å². The first-order valence-electron chi connectivity index (χ1n) is 11.4. The molecule has 0 radical (unpaired) electrons. The van der Waals surface area contributed by atoms with Crippen molar-refractivity contribution in [2.75, 3.05) is 58.2 Å². The molecule has 1 N–H and O–H groups in total. The lowest BCUT2D eigenvalue weighted by Crippen LogP contribution is -2.51. The zero-order chi connectivity index (χ0) is 23.6. The number of ether oxygens (including phenoxy) is 1. The molecule has 0 spiro atoms. The zero-order valence-corrected chi connectivity index (χ0v) is 19.8. The Morgan fingerprint density at radius 3 is 2.45 bits per heavy atom. The van der Waals surface area contributed by atoms with E-state index in [4.69, 9.17) is 4.74 Å². The second-order valence-corrected chi connectivity index (χ2v) is 8.18. The molecular weight excluding hydrogens is 416 g/mol. The summed E-state index contributed by atoms with van der Waals surface area (Å²) in [7, 11) is 1.65. The van der Waals surface area contributed by atoms with Gasteiger partial charge in [0.15, 0.2) is 0 Å². The van der Waals surface area contributed by atoms with Crippen LogP contribution in [-0.4, -0.2) is 79.6 Å². The molecule has 0 bridgehead atoms. The molecule has 7 heteroatoms. The van der Waals surface area contributed by atoms with Crippen LogP contribution in [-0.2, 0) is 4.79 Å². The second-order valence-electron chi connectivity index (χ2n) is 8.18. The van der Waals surface area contributed by atoms with Crippen LogP contribution in [0.3, 0.4) is 0 Å². The van der Waals surface area contributed by atoms with Gasteiger partial charge in [0.05, 0.1) is 7.11 Å². The largest absolute Gasteiger partial charge is 0.496 e. The van der Waals surface area contributed by atoms with E-state index in [2.05, 4.69) is 10.2 Å². The standard InChI is InChI=1S/C26H34N4O3/c1-21-9-4-6-12-24(21)27-26(32)30-19-16-28(17-20-30)15-18-29(22(2)31)14-8-11-23-10-5-7-13-25(23)33-3/h4-13H,14-20H2,1-3H3,(H,27,32)/b11-8+. The highest BCUT2D eigenvalue weighted by Gasteiger charge is 2.22. The Hall–Kier alpha value is -3.32. The average molecular weight is 451 g/mol. The van der Waals surface area contributed by atoms with Crippen molar-refractivity contribution in [2.24, 2.45) is 0 Å². The first-order valence-corrected chi connectivity index (χ1v) is 11.4. The molecule has 0 unspecified atom stereocenters. The first-order chi connectivity index (χ1) is 16.0. The lowest BCUT2D eigenvalue weighted by Gasteiger charge is -2.35. The van der Waals surface area contributed by atoms with Crippen molar-refractivity contribution in [1.82, 2.24) is 14.7 Å². The van der Waals surface area contributed by atoms with Crippen LogP contribution >= 0.6 is 0 Å². The van der Waals surface area contributed by atoms with E-state index < -0.39 is 0 Å². The van der Waals surface area contributed by atoms with Crippen molar-refractivity contribution in [1.29, 1.82) is 0 Å². The van der Waals surface area contributed by atoms with Crippen LogP contribution in [0.15, 0.2) is 54.6 Å². The molecule has 1 aliphatic rings. The molecule has 1 heterocycles. The minimum atomic E-state index is -0.0595. The number of rotatable bonds is 8. The van der Waals surface area contributed by atoms with Crippen molar-refractivity contribution in [2.45, 2.75) is 13.8 Å². The number of para-hydroxylation sites is 2. The van der Waals surface area contributed by atoms with Crippen LogP contribution in [0.25, 0.3) is 6.08 Å². The lowest BCUT2D eigenvalue weighted by molar-refractivity contribution is -0.128. The van der Waals surface area contributed by atoms with Gasteiger partial charge >= 0.3 is 6.03 Å². The van der Waals surface area contributed by atoms with E-state index in [1.165, 1.54) is 0 Å². The number of urea groups is 1. The van der Waals surface area contributed by atoms with E-state index >= 15 is 0 Å². The summed E-state index contributed by atoms with van der Waals surface area (Å²) < 4.78 is 5.37. The maximum Gasteiger partial charge on any atom is 0.321 e. The number of hydrogen-bond acceptors (Lipinski definition) is 4. The zero-order valence-electron chi connectivity index (χ0n) is 19.8. The number of nitrogens with one attached hydrogen (secondary N) is 1. The van der Waals surface area contributed by atoms with Gasteiger partial charge in [0.2, 0.25) is 5.91 Å². The minimum absolute atomic E-state index is 0.0518. The number of aryl methyl sites for hydroxylation is 1. The van der Waals surface area contributed by atoms with Gasteiger partial charge in [-0.25, -0.2) is 4.79 Å². The van der Waals surface area contributed by atoms with E-state index in [9.17, 15) is 9.59 Å². The lowest BCUT2D eigenvalue weighted by atomic mass is 10.2. The molecular formula is C26H34N4O3. The monoisotopic (exact) mass is 450 g/mol. The summed E-state index contributed by atoms with van der Waals surface area (Å²) in [6.07, 6.45) is 3.98. The third-order valence-corrected chi connectivity index (χ3v) is 5.94. The Kier molecular flexibility index (Phi) is 8.89. The van der Waals surface area contributed by atoms with E-state index in [1.807, 2.05) is 77.4 Å². The normalized spacial score (nSPS) is 14.3. The maximum atomic E-state index is 12.6. The minimum Gasteiger partial charge on any atom is -0.496 e. The maximum absolute atomic E-state index is 12.6. The quantitative estimate of drug-likeness (QED) is 0.666. The van der Waals surface area contributed by atoms with Gasteiger partial charge in [0, 0.05) is 64.0 Å². The average Bonchev–Trinajstić information content (AvgIpc) is 2.83.